The lowest BCUT2D eigenvalue weighted by molar-refractivity contribution is -0.991. The molecule has 2 unspecified atom stereocenters. The molecule has 0 radical (unpaired) electrons. The van der Waals surface area contributed by atoms with Crippen LogP contribution < -0.4 is 10.5 Å². The van der Waals surface area contributed by atoms with E-state index in [4.69, 9.17) is 9.05 Å². The lowest BCUT2D eigenvalue weighted by Crippen LogP contribution is -2.99. The average molecular weight is 384 g/mol. The fourth-order valence-electron chi connectivity index (χ4n) is 2.44. The summed E-state index contributed by atoms with van der Waals surface area (Å²) >= 11 is 0. The summed E-state index contributed by atoms with van der Waals surface area (Å²) in [5.74, 6) is -1.36. The Morgan fingerprint density at radius 1 is 1.19 bits per heavy atom. The molecule has 0 amide bonds. The number of benzene rings is 2. The molecule has 2 aromatic carbocycles. The summed E-state index contributed by atoms with van der Waals surface area (Å²) in [5.41, 5.74) is 0.976. The highest BCUT2D eigenvalue weighted by Gasteiger charge is 2.37. The minimum atomic E-state index is -3.68. The van der Waals surface area contributed by atoms with Gasteiger partial charge in [-0.3, -0.25) is 4.57 Å². The summed E-state index contributed by atoms with van der Waals surface area (Å²) in [6.45, 7) is 3.68. The second-order valence-corrected chi connectivity index (χ2v) is 7.47. The Morgan fingerprint density at radius 2 is 1.81 bits per heavy atom. The normalized spacial score (nSPS) is 14.0. The number of hydrogen-bond acceptors (Lipinski definition) is 6. The topological polar surface area (TPSA) is 95.3 Å². The van der Waals surface area contributed by atoms with Crippen molar-refractivity contribution in [3.8, 4) is 0 Å². The third-order valence-corrected chi connectivity index (χ3v) is 5.83. The van der Waals surface area contributed by atoms with Crippen molar-refractivity contribution in [1.82, 2.24) is 0 Å². The molecule has 2 aromatic rings. The highest BCUT2D eigenvalue weighted by atomic mass is 31.2. The molecule has 0 aliphatic rings. The second kappa shape index (κ2) is 9.23. The van der Waals surface area contributed by atoms with Crippen LogP contribution in [0.1, 0.15) is 25.2 Å². The van der Waals surface area contributed by atoms with E-state index >= 15 is 0 Å². The Hall–Kier alpha value is -1.80. The highest BCUT2D eigenvalue weighted by molar-refractivity contribution is 7.54. The van der Waals surface area contributed by atoms with Crippen LogP contribution in [-0.2, 0) is 13.6 Å². The predicted octanol–water partition coefficient (Wildman–Crippen LogP) is 3.61. The zero-order valence-corrected chi connectivity index (χ0v) is 15.4. The first kappa shape index (κ1) is 20.5. The molecule has 0 aliphatic heterocycles. The maximum atomic E-state index is 13.3. The van der Waals surface area contributed by atoms with E-state index in [9.17, 15) is 19.4 Å². The van der Waals surface area contributed by atoms with Gasteiger partial charge < -0.3 is 19.6 Å². The molecule has 0 saturated heterocycles. The van der Waals surface area contributed by atoms with Crippen LogP contribution in [0.15, 0.2) is 48.5 Å². The molecule has 2 rings (SSSR count). The molecular weight excluding hydrogens is 362 g/mol. The van der Waals surface area contributed by atoms with Gasteiger partial charge in [0.05, 0.1) is 13.2 Å². The zero-order chi connectivity index (χ0) is 19.2. The number of anilines is 1. The molecule has 2 atom stereocenters. The quantitative estimate of drug-likeness (QED) is 0.452. The van der Waals surface area contributed by atoms with Gasteiger partial charge in [0.25, 0.3) is 0 Å². The lowest BCUT2D eigenvalue weighted by atomic mass is 10.2. The number of hydrogen-bond donors (Lipinski definition) is 3. The van der Waals surface area contributed by atoms with Crippen LogP contribution in [0.3, 0.4) is 0 Å². The van der Waals surface area contributed by atoms with Crippen LogP contribution in [0.25, 0.3) is 0 Å². The van der Waals surface area contributed by atoms with Crippen molar-refractivity contribution in [2.24, 2.45) is 0 Å². The average Bonchev–Trinajstić information content (AvgIpc) is 2.61. The van der Waals surface area contributed by atoms with E-state index in [1.807, 2.05) is 0 Å². The third kappa shape index (κ3) is 5.11. The molecule has 3 N–H and O–H groups in total. The maximum Gasteiger partial charge on any atom is 0.357 e. The Kier molecular flexibility index (Phi) is 7.28. The fraction of sp³-hybridized carbons (Fsp3) is 0.294. The van der Waals surface area contributed by atoms with Gasteiger partial charge in [0.1, 0.15) is 5.82 Å². The maximum absolute atomic E-state index is 13.3. The molecule has 9 heteroatoms. The highest BCUT2D eigenvalue weighted by Crippen LogP contribution is 2.60. The Bertz CT molecular complexity index is 747. The second-order valence-electron chi connectivity index (χ2n) is 5.36. The fourth-order valence-corrected chi connectivity index (χ4v) is 4.36. The summed E-state index contributed by atoms with van der Waals surface area (Å²) in [5, 5.41) is 22.4. The van der Waals surface area contributed by atoms with Crippen molar-refractivity contribution in [2.75, 3.05) is 18.5 Å². The summed E-state index contributed by atoms with van der Waals surface area (Å²) in [7, 11) is -3.68. The molecule has 0 spiro atoms. The van der Waals surface area contributed by atoms with Crippen LogP contribution in [0.4, 0.5) is 15.8 Å². The van der Waals surface area contributed by atoms with Crippen molar-refractivity contribution in [3.05, 3.63) is 65.1 Å². The number of nitrogens with one attached hydrogen (secondary N) is 2. The first-order valence-corrected chi connectivity index (χ1v) is 9.75. The van der Waals surface area contributed by atoms with Gasteiger partial charge in [-0.25, -0.2) is 9.60 Å². The van der Waals surface area contributed by atoms with Crippen LogP contribution in [0.2, 0.25) is 0 Å². The smallest absolute Gasteiger partial charge is 0.357 e. The van der Waals surface area contributed by atoms with Gasteiger partial charge in [-0.05, 0) is 43.7 Å². The number of rotatable bonds is 9. The summed E-state index contributed by atoms with van der Waals surface area (Å²) in [4.78, 5) is 0. The van der Waals surface area contributed by atoms with E-state index in [0.29, 0.717) is 11.3 Å². The number of quaternary nitrogens is 1. The van der Waals surface area contributed by atoms with Gasteiger partial charge in [-0.15, -0.1) is 0 Å². The minimum absolute atomic E-state index is 0.0490. The van der Waals surface area contributed by atoms with Crippen molar-refractivity contribution >= 4 is 19.0 Å². The van der Waals surface area contributed by atoms with E-state index in [2.05, 4.69) is 5.32 Å². The molecule has 0 aliphatic carbocycles. The Labute approximate surface area is 151 Å². The first-order chi connectivity index (χ1) is 12.4. The van der Waals surface area contributed by atoms with Crippen molar-refractivity contribution in [1.29, 1.82) is 0 Å². The van der Waals surface area contributed by atoms with Crippen molar-refractivity contribution in [3.63, 3.8) is 0 Å². The predicted molar refractivity (Wildman–Crippen MR) is 95.8 cm³/mol. The molecule has 142 valence electrons. The van der Waals surface area contributed by atoms with Crippen molar-refractivity contribution < 1.29 is 28.4 Å². The lowest BCUT2D eigenvalue weighted by Gasteiger charge is -2.28. The van der Waals surface area contributed by atoms with E-state index < -0.39 is 24.4 Å². The van der Waals surface area contributed by atoms with Crippen LogP contribution in [0.5, 0.6) is 0 Å². The Balaban J connectivity index is 2.48. The molecule has 0 bridgehead atoms. The Morgan fingerprint density at radius 3 is 2.35 bits per heavy atom. The minimum Gasteiger partial charge on any atom is -0.595 e. The summed E-state index contributed by atoms with van der Waals surface area (Å²) in [6, 6.07) is 11.6. The van der Waals surface area contributed by atoms with E-state index in [1.165, 1.54) is 36.4 Å². The molecule has 26 heavy (non-hydrogen) atoms. The van der Waals surface area contributed by atoms with Gasteiger partial charge in [-0.2, -0.15) is 5.23 Å². The van der Waals surface area contributed by atoms with Gasteiger partial charge in [0, 0.05) is 17.8 Å². The first-order valence-electron chi connectivity index (χ1n) is 8.13. The van der Waals surface area contributed by atoms with E-state index in [0.717, 1.165) is 0 Å². The van der Waals surface area contributed by atoms with Gasteiger partial charge in [-0.1, -0.05) is 12.1 Å². The van der Waals surface area contributed by atoms with E-state index in [-0.39, 0.29) is 18.9 Å². The van der Waals surface area contributed by atoms with Gasteiger partial charge in [0.2, 0.25) is 0 Å². The SMILES string of the molecule is CCOP(=O)(OCC)C(Nc1ccc(F)cc1)c1cccc([NH+]([O-])O)c1. The van der Waals surface area contributed by atoms with Crippen LogP contribution in [-0.4, -0.2) is 18.4 Å². The van der Waals surface area contributed by atoms with Crippen LogP contribution in [0, 0.1) is 11.0 Å². The van der Waals surface area contributed by atoms with E-state index in [1.54, 1.807) is 26.0 Å². The largest absolute Gasteiger partial charge is 0.595 e. The molecule has 0 fully saturated rings. The molecular formula is C17H22FN2O5P. The summed E-state index contributed by atoms with van der Waals surface area (Å²) < 4.78 is 37.4. The third-order valence-electron chi connectivity index (χ3n) is 3.53. The van der Waals surface area contributed by atoms with Gasteiger partial charge in [0.15, 0.2) is 11.5 Å². The monoisotopic (exact) mass is 384 g/mol. The van der Waals surface area contributed by atoms with Crippen LogP contribution >= 0.6 is 7.60 Å². The molecule has 0 heterocycles. The molecule has 7 nitrogen and oxygen atoms in total. The van der Waals surface area contributed by atoms with Crippen molar-refractivity contribution in [2.45, 2.75) is 19.6 Å². The standard InChI is InChI=1S/C17H22FN2O5P/c1-3-24-26(23,25-4-2)17(19-15-10-8-14(18)9-11-15)13-6-5-7-16(12-13)20(21)22/h5-12,17,19-21H,3-4H2,1-2H3. The zero-order valence-electron chi connectivity index (χ0n) is 14.5. The van der Waals surface area contributed by atoms with Gasteiger partial charge >= 0.3 is 7.60 Å². The molecule has 0 aromatic heterocycles. The summed E-state index contributed by atoms with van der Waals surface area (Å²) in [6.07, 6.45) is 0. The number of halogens is 1. The molecule has 0 saturated carbocycles.